The Bertz CT molecular complexity index is 647. The number of likely N-dealkylation sites (tertiary alicyclic amines) is 1. The van der Waals surface area contributed by atoms with Crippen LogP contribution in [0.5, 0.6) is 0 Å². The van der Waals surface area contributed by atoms with Gasteiger partial charge in [-0.25, -0.2) is 0 Å². The number of carbonyl (C=O) groups is 1. The van der Waals surface area contributed by atoms with E-state index in [2.05, 4.69) is 28.4 Å². The zero-order valence-corrected chi connectivity index (χ0v) is 14.5. The van der Waals surface area contributed by atoms with Crippen molar-refractivity contribution in [3.8, 4) is 0 Å². The van der Waals surface area contributed by atoms with Gasteiger partial charge in [0.25, 0.3) is 0 Å². The maximum atomic E-state index is 12.1. The van der Waals surface area contributed by atoms with Gasteiger partial charge in [-0.1, -0.05) is 24.6 Å². The molecule has 0 radical (unpaired) electrons. The van der Waals surface area contributed by atoms with Gasteiger partial charge < -0.3 is 10.2 Å². The second-order valence-electron chi connectivity index (χ2n) is 8.65. The van der Waals surface area contributed by atoms with E-state index in [1.165, 1.54) is 57.2 Å². The first-order valence-electron chi connectivity index (χ1n) is 9.87. The molecule has 0 aromatic heterocycles. The van der Waals surface area contributed by atoms with Crippen molar-refractivity contribution >= 4 is 11.6 Å². The van der Waals surface area contributed by atoms with Gasteiger partial charge in [0, 0.05) is 23.6 Å². The molecule has 3 nitrogen and oxygen atoms in total. The standard InChI is InChI=1S/C21H28N2O/c24-20-7-8-21(17-3-1-2-4-18(17)22-20)9-11-23(12-10-21)19-14-15-5-6-16(19)13-15/h1-4,15-16,19H,5-14H2,(H,22,24)/t15-,16+,19?/m0/s1. The Hall–Kier alpha value is -1.35. The lowest BCUT2D eigenvalue weighted by Crippen LogP contribution is -2.48. The quantitative estimate of drug-likeness (QED) is 0.848. The molecular formula is C21H28N2O. The van der Waals surface area contributed by atoms with Crippen LogP contribution >= 0.6 is 0 Å². The SMILES string of the molecule is O=C1CCC2(CCN(C3C[C@H]4CC[C@@H]3C4)CC2)c2ccccc2N1. The van der Waals surface area contributed by atoms with Gasteiger partial charge in [0.15, 0.2) is 0 Å². The Morgan fingerprint density at radius 3 is 2.62 bits per heavy atom. The van der Waals surface area contributed by atoms with Gasteiger partial charge in [-0.3, -0.25) is 4.79 Å². The van der Waals surface area contributed by atoms with Crippen molar-refractivity contribution in [1.82, 2.24) is 4.90 Å². The van der Waals surface area contributed by atoms with E-state index in [1.807, 2.05) is 6.07 Å². The highest BCUT2D eigenvalue weighted by molar-refractivity contribution is 5.92. The number of carbonyl (C=O) groups excluding carboxylic acids is 1. The Morgan fingerprint density at radius 2 is 1.88 bits per heavy atom. The summed E-state index contributed by atoms with van der Waals surface area (Å²) in [6.07, 6.45) is 10.0. The number of para-hydroxylation sites is 1. The fourth-order valence-electron chi connectivity index (χ4n) is 6.22. The van der Waals surface area contributed by atoms with E-state index in [1.54, 1.807) is 0 Å². The number of hydrogen-bond donors (Lipinski definition) is 1. The Morgan fingerprint density at radius 1 is 1.04 bits per heavy atom. The predicted octanol–water partition coefficient (Wildman–Crippen LogP) is 3.94. The minimum atomic E-state index is 0.190. The van der Waals surface area contributed by atoms with Crippen molar-refractivity contribution < 1.29 is 4.79 Å². The Labute approximate surface area is 144 Å². The van der Waals surface area contributed by atoms with Gasteiger partial charge in [-0.2, -0.15) is 0 Å². The summed E-state index contributed by atoms with van der Waals surface area (Å²) in [5.74, 6) is 2.19. The van der Waals surface area contributed by atoms with E-state index in [9.17, 15) is 4.79 Å². The summed E-state index contributed by atoms with van der Waals surface area (Å²) in [5, 5.41) is 3.13. The molecule has 1 saturated heterocycles. The maximum Gasteiger partial charge on any atom is 0.224 e. The summed E-state index contributed by atoms with van der Waals surface area (Å²) in [5.41, 5.74) is 2.67. The first-order valence-corrected chi connectivity index (χ1v) is 9.87. The summed E-state index contributed by atoms with van der Waals surface area (Å²) in [6.45, 7) is 2.44. The van der Waals surface area contributed by atoms with Gasteiger partial charge in [-0.15, -0.1) is 0 Å². The molecule has 1 aromatic rings. The predicted molar refractivity (Wildman–Crippen MR) is 96.0 cm³/mol. The molecule has 1 N–H and O–H groups in total. The number of nitrogens with one attached hydrogen (secondary N) is 1. The average Bonchev–Trinajstić information content (AvgIpc) is 3.21. The summed E-state index contributed by atoms with van der Waals surface area (Å²) < 4.78 is 0. The van der Waals surface area contributed by atoms with Crippen molar-refractivity contribution in [2.45, 2.75) is 62.8 Å². The molecule has 2 aliphatic carbocycles. The number of piperidine rings is 1. The highest BCUT2D eigenvalue weighted by Crippen LogP contribution is 2.50. The molecule has 4 aliphatic rings. The van der Waals surface area contributed by atoms with Crippen molar-refractivity contribution in [3.63, 3.8) is 0 Å². The lowest BCUT2D eigenvalue weighted by Gasteiger charge is -2.46. The molecule has 1 amide bonds. The van der Waals surface area contributed by atoms with Gasteiger partial charge >= 0.3 is 0 Å². The normalized spacial score (nSPS) is 34.8. The first kappa shape index (κ1) is 14.9. The highest BCUT2D eigenvalue weighted by atomic mass is 16.1. The number of amides is 1. The summed E-state index contributed by atoms with van der Waals surface area (Å²) >= 11 is 0. The van der Waals surface area contributed by atoms with Crippen LogP contribution in [0.15, 0.2) is 24.3 Å². The fourth-order valence-corrected chi connectivity index (χ4v) is 6.22. The van der Waals surface area contributed by atoms with Crippen LogP contribution in [0.3, 0.4) is 0 Å². The third kappa shape index (κ3) is 2.32. The van der Waals surface area contributed by atoms with Crippen LogP contribution in [0.1, 0.15) is 56.9 Å². The fraction of sp³-hybridized carbons (Fsp3) is 0.667. The zero-order valence-electron chi connectivity index (χ0n) is 14.5. The maximum absolute atomic E-state index is 12.1. The molecule has 1 aromatic carbocycles. The van der Waals surface area contributed by atoms with Gasteiger partial charge in [0.1, 0.15) is 0 Å². The summed E-state index contributed by atoms with van der Waals surface area (Å²) in [6, 6.07) is 9.39. The molecule has 1 unspecified atom stereocenters. The molecule has 128 valence electrons. The largest absolute Gasteiger partial charge is 0.326 e. The van der Waals surface area contributed by atoms with Crippen LogP contribution in [0.25, 0.3) is 0 Å². The van der Waals surface area contributed by atoms with Gasteiger partial charge in [0.05, 0.1) is 0 Å². The van der Waals surface area contributed by atoms with E-state index >= 15 is 0 Å². The van der Waals surface area contributed by atoms with E-state index in [4.69, 9.17) is 0 Å². The molecule has 3 heteroatoms. The van der Waals surface area contributed by atoms with Crippen LogP contribution in [-0.2, 0) is 10.2 Å². The van der Waals surface area contributed by atoms with Crippen molar-refractivity contribution in [2.24, 2.45) is 11.8 Å². The molecule has 3 fully saturated rings. The second kappa shape index (κ2) is 5.59. The van der Waals surface area contributed by atoms with Crippen LogP contribution in [0.4, 0.5) is 5.69 Å². The molecule has 5 rings (SSSR count). The third-order valence-electron chi connectivity index (χ3n) is 7.53. The van der Waals surface area contributed by atoms with Crippen molar-refractivity contribution in [1.29, 1.82) is 0 Å². The first-order chi connectivity index (χ1) is 11.7. The van der Waals surface area contributed by atoms with Gasteiger partial charge in [-0.05, 0) is 75.1 Å². The number of nitrogens with zero attached hydrogens (tertiary/aromatic N) is 1. The zero-order chi connectivity index (χ0) is 16.1. The lowest BCUT2D eigenvalue weighted by atomic mass is 9.69. The monoisotopic (exact) mass is 324 g/mol. The van der Waals surface area contributed by atoms with Crippen LogP contribution in [0.2, 0.25) is 0 Å². The lowest BCUT2D eigenvalue weighted by molar-refractivity contribution is -0.116. The van der Waals surface area contributed by atoms with Crippen LogP contribution in [-0.4, -0.2) is 29.9 Å². The highest BCUT2D eigenvalue weighted by Gasteiger charge is 2.46. The topological polar surface area (TPSA) is 32.3 Å². The minimum Gasteiger partial charge on any atom is -0.326 e. The Balaban J connectivity index is 1.37. The molecule has 24 heavy (non-hydrogen) atoms. The van der Waals surface area contributed by atoms with E-state index < -0.39 is 0 Å². The average molecular weight is 324 g/mol. The number of anilines is 1. The Kier molecular flexibility index (Phi) is 3.48. The molecule has 2 heterocycles. The smallest absolute Gasteiger partial charge is 0.224 e. The number of benzene rings is 1. The second-order valence-corrected chi connectivity index (χ2v) is 8.65. The molecule has 2 aliphatic heterocycles. The number of hydrogen-bond acceptors (Lipinski definition) is 2. The number of rotatable bonds is 1. The third-order valence-corrected chi connectivity index (χ3v) is 7.53. The van der Waals surface area contributed by atoms with E-state index in [0.717, 1.165) is 30.0 Å². The number of fused-ring (bicyclic) bond motifs is 4. The van der Waals surface area contributed by atoms with Crippen molar-refractivity contribution in [2.75, 3.05) is 18.4 Å². The van der Waals surface area contributed by atoms with Crippen molar-refractivity contribution in [3.05, 3.63) is 29.8 Å². The summed E-state index contributed by atoms with van der Waals surface area (Å²) in [7, 11) is 0. The molecular weight excluding hydrogens is 296 g/mol. The van der Waals surface area contributed by atoms with E-state index in [0.29, 0.717) is 6.42 Å². The molecule has 3 atom stereocenters. The molecule has 2 bridgehead atoms. The summed E-state index contributed by atoms with van der Waals surface area (Å²) in [4.78, 5) is 14.9. The molecule has 2 saturated carbocycles. The van der Waals surface area contributed by atoms with Crippen LogP contribution in [0, 0.1) is 11.8 Å². The minimum absolute atomic E-state index is 0.190. The van der Waals surface area contributed by atoms with E-state index in [-0.39, 0.29) is 11.3 Å². The van der Waals surface area contributed by atoms with Crippen LogP contribution < -0.4 is 5.32 Å². The molecule has 1 spiro atoms. The van der Waals surface area contributed by atoms with Gasteiger partial charge in [0.2, 0.25) is 5.91 Å².